The van der Waals surface area contributed by atoms with Crippen LogP contribution in [0.2, 0.25) is 0 Å². The minimum Gasteiger partial charge on any atom is -0.495 e. The van der Waals surface area contributed by atoms with Gasteiger partial charge in [-0.15, -0.1) is 0 Å². The Hall–Kier alpha value is -3.61. The molecule has 33 heavy (non-hydrogen) atoms. The highest BCUT2D eigenvalue weighted by molar-refractivity contribution is 5.97. The molecule has 0 radical (unpaired) electrons. The van der Waals surface area contributed by atoms with E-state index in [-0.39, 0.29) is 29.9 Å². The molecule has 2 fully saturated rings. The summed E-state index contributed by atoms with van der Waals surface area (Å²) in [6.07, 6.45) is 6.98. The molecule has 2 aliphatic rings. The zero-order valence-corrected chi connectivity index (χ0v) is 18.9. The van der Waals surface area contributed by atoms with E-state index in [2.05, 4.69) is 4.98 Å². The van der Waals surface area contributed by atoms with Crippen LogP contribution in [0.25, 0.3) is 11.8 Å². The van der Waals surface area contributed by atoms with Crippen molar-refractivity contribution >= 4 is 12.0 Å². The van der Waals surface area contributed by atoms with Crippen LogP contribution in [0.15, 0.2) is 60.7 Å². The fourth-order valence-corrected chi connectivity index (χ4v) is 4.86. The molecule has 1 aromatic heterocycles. The summed E-state index contributed by atoms with van der Waals surface area (Å²) in [6, 6.07) is 12.1. The molecule has 0 N–H and O–H groups in total. The number of fused-ring (bicyclic) bond motifs is 1. The number of aromatic nitrogens is 2. The lowest BCUT2D eigenvalue weighted by Crippen LogP contribution is -2.49. The molecular formula is C26H26FN3O3. The Labute approximate surface area is 192 Å². The van der Waals surface area contributed by atoms with Crippen molar-refractivity contribution in [2.24, 2.45) is 0 Å². The number of hydrogen-bond donors (Lipinski definition) is 0. The monoisotopic (exact) mass is 447 g/mol. The molecule has 0 bridgehead atoms. The van der Waals surface area contributed by atoms with Crippen molar-refractivity contribution in [1.82, 2.24) is 14.5 Å². The van der Waals surface area contributed by atoms with Gasteiger partial charge in [0, 0.05) is 6.20 Å². The largest absolute Gasteiger partial charge is 0.495 e. The molecular weight excluding hydrogens is 421 g/mol. The van der Waals surface area contributed by atoms with Crippen molar-refractivity contribution in [2.75, 3.05) is 7.11 Å². The van der Waals surface area contributed by atoms with Crippen LogP contribution in [0.4, 0.5) is 4.39 Å². The van der Waals surface area contributed by atoms with E-state index < -0.39 is 0 Å². The van der Waals surface area contributed by atoms with E-state index in [0.717, 1.165) is 35.3 Å². The fraction of sp³-hybridized carbons (Fsp3) is 0.308. The van der Waals surface area contributed by atoms with Crippen LogP contribution in [0, 0.1) is 12.7 Å². The average Bonchev–Trinajstić information content (AvgIpc) is 3.45. The minimum atomic E-state index is -0.279. The quantitative estimate of drug-likeness (QED) is 0.538. The van der Waals surface area contributed by atoms with Gasteiger partial charge in [-0.25, -0.2) is 9.37 Å². The molecule has 3 atom stereocenters. The summed E-state index contributed by atoms with van der Waals surface area (Å²) in [6.45, 7) is 3.93. The van der Waals surface area contributed by atoms with Crippen molar-refractivity contribution in [2.45, 2.75) is 44.9 Å². The number of ether oxygens (including phenoxy) is 2. The van der Waals surface area contributed by atoms with Crippen LogP contribution >= 0.6 is 0 Å². The molecule has 7 heteroatoms. The molecule has 3 heterocycles. The van der Waals surface area contributed by atoms with E-state index in [1.165, 1.54) is 12.1 Å². The predicted octanol–water partition coefficient (Wildman–Crippen LogP) is 4.82. The van der Waals surface area contributed by atoms with Crippen LogP contribution in [-0.2, 0) is 9.53 Å². The highest BCUT2D eigenvalue weighted by Gasteiger charge is 2.46. The van der Waals surface area contributed by atoms with Gasteiger partial charge >= 0.3 is 0 Å². The van der Waals surface area contributed by atoms with Crippen molar-refractivity contribution < 1.29 is 18.7 Å². The highest BCUT2D eigenvalue weighted by atomic mass is 19.1. The van der Waals surface area contributed by atoms with Crippen molar-refractivity contribution in [3.8, 4) is 11.4 Å². The van der Waals surface area contributed by atoms with Crippen molar-refractivity contribution in [3.05, 3.63) is 83.4 Å². The second kappa shape index (κ2) is 8.39. The van der Waals surface area contributed by atoms with E-state index in [1.54, 1.807) is 31.6 Å². The first-order valence-electron chi connectivity index (χ1n) is 11.1. The maximum atomic E-state index is 13.5. The number of hydrogen-bond acceptors (Lipinski definition) is 4. The minimum absolute atomic E-state index is 0.00564. The second-order valence-corrected chi connectivity index (χ2v) is 8.61. The average molecular weight is 448 g/mol. The number of rotatable bonds is 4. The summed E-state index contributed by atoms with van der Waals surface area (Å²) in [5.74, 6) is 0.555. The Morgan fingerprint density at radius 2 is 1.97 bits per heavy atom. The van der Waals surface area contributed by atoms with Gasteiger partial charge in [-0.2, -0.15) is 0 Å². The zero-order valence-electron chi connectivity index (χ0n) is 18.9. The summed E-state index contributed by atoms with van der Waals surface area (Å²) >= 11 is 0. The summed E-state index contributed by atoms with van der Waals surface area (Å²) in [7, 11) is 1.62. The van der Waals surface area contributed by atoms with Gasteiger partial charge in [-0.1, -0.05) is 18.2 Å². The maximum Gasteiger partial charge on any atom is 0.289 e. The lowest BCUT2D eigenvalue weighted by molar-refractivity contribution is -0.144. The molecule has 1 amide bonds. The molecule has 6 nitrogen and oxygen atoms in total. The molecule has 0 saturated carbocycles. The van der Waals surface area contributed by atoms with Crippen LogP contribution in [0.3, 0.4) is 0 Å². The Balaban J connectivity index is 1.46. The number of morpholine rings is 1. The SMILES string of the molecule is COc1cc(/C=C2\O[C@@H](C)[C@H]3CC[C@@H](c4ccc(F)cc4)N3C2=O)ccc1-n1cnc(C)c1. The lowest BCUT2D eigenvalue weighted by Gasteiger charge is -2.39. The standard InChI is InChI=1S/C26H26FN3O3/c1-16-14-29(15-28-16)23-9-4-18(12-24(23)32-3)13-25-26(31)30-21(17(2)33-25)10-11-22(30)19-5-7-20(27)8-6-19/h4-9,12-15,17,21-22H,10-11H2,1-3H3/b25-13-/t17-,21+,22-/m0/s1. The molecule has 170 valence electrons. The topological polar surface area (TPSA) is 56.6 Å². The first-order chi connectivity index (χ1) is 15.9. The van der Waals surface area contributed by atoms with Gasteiger partial charge in [-0.05, 0) is 68.2 Å². The smallest absolute Gasteiger partial charge is 0.289 e. The molecule has 0 unspecified atom stereocenters. The third kappa shape index (κ3) is 3.88. The summed E-state index contributed by atoms with van der Waals surface area (Å²) in [4.78, 5) is 19.7. The Morgan fingerprint density at radius 1 is 1.18 bits per heavy atom. The second-order valence-electron chi connectivity index (χ2n) is 8.61. The van der Waals surface area contributed by atoms with Gasteiger partial charge in [0.05, 0.1) is 36.9 Å². The van der Waals surface area contributed by atoms with Crippen LogP contribution in [0.5, 0.6) is 5.75 Å². The normalized spacial score (nSPS) is 23.5. The van der Waals surface area contributed by atoms with Gasteiger partial charge in [0.15, 0.2) is 5.76 Å². The van der Waals surface area contributed by atoms with Crippen LogP contribution < -0.4 is 4.74 Å². The molecule has 0 aliphatic carbocycles. The number of halogens is 1. The number of carbonyl (C=O) groups excluding carboxylic acids is 1. The Kier molecular flexibility index (Phi) is 5.40. The first kappa shape index (κ1) is 21.2. The Morgan fingerprint density at radius 3 is 2.67 bits per heavy atom. The summed E-state index contributed by atoms with van der Waals surface area (Å²) < 4.78 is 27.0. The van der Waals surface area contributed by atoms with E-state index in [9.17, 15) is 9.18 Å². The van der Waals surface area contributed by atoms with Crippen molar-refractivity contribution in [3.63, 3.8) is 0 Å². The lowest BCUT2D eigenvalue weighted by atomic mass is 10.0. The van der Waals surface area contributed by atoms with Gasteiger partial charge in [-0.3, -0.25) is 4.79 Å². The maximum absolute atomic E-state index is 13.5. The van der Waals surface area contributed by atoms with Gasteiger partial charge < -0.3 is 18.9 Å². The van der Waals surface area contributed by atoms with Gasteiger partial charge in [0.2, 0.25) is 0 Å². The fourth-order valence-electron chi connectivity index (χ4n) is 4.86. The van der Waals surface area contributed by atoms with E-state index in [0.29, 0.717) is 11.5 Å². The highest BCUT2D eigenvalue weighted by Crippen LogP contribution is 2.42. The summed E-state index contributed by atoms with van der Waals surface area (Å²) in [5, 5.41) is 0. The third-order valence-corrected chi connectivity index (χ3v) is 6.48. The van der Waals surface area contributed by atoms with Gasteiger partial charge in [0.25, 0.3) is 5.91 Å². The number of imidazole rings is 1. The molecule has 2 aliphatic heterocycles. The third-order valence-electron chi connectivity index (χ3n) is 6.48. The molecule has 3 aromatic rings. The van der Waals surface area contributed by atoms with Crippen LogP contribution in [-0.4, -0.2) is 39.6 Å². The van der Waals surface area contributed by atoms with E-state index in [4.69, 9.17) is 9.47 Å². The number of carbonyl (C=O) groups is 1. The molecule has 2 saturated heterocycles. The van der Waals surface area contributed by atoms with Crippen molar-refractivity contribution in [1.29, 1.82) is 0 Å². The molecule has 5 rings (SSSR count). The van der Waals surface area contributed by atoms with Gasteiger partial charge in [0.1, 0.15) is 17.7 Å². The zero-order chi connectivity index (χ0) is 23.1. The number of nitrogens with zero attached hydrogens (tertiary/aromatic N) is 3. The number of benzene rings is 2. The first-order valence-corrected chi connectivity index (χ1v) is 11.1. The number of methoxy groups -OCH3 is 1. The molecule has 0 spiro atoms. The Bertz CT molecular complexity index is 1220. The summed E-state index contributed by atoms with van der Waals surface area (Å²) in [5.41, 5.74) is 3.52. The van der Waals surface area contributed by atoms with E-state index >= 15 is 0 Å². The number of amides is 1. The van der Waals surface area contributed by atoms with Crippen LogP contribution in [0.1, 0.15) is 42.6 Å². The van der Waals surface area contributed by atoms with E-state index in [1.807, 2.05) is 47.7 Å². The predicted molar refractivity (Wildman–Crippen MR) is 122 cm³/mol. The molecule has 2 aromatic carbocycles. The number of aryl methyl sites for hydroxylation is 1.